The number of aryl methyl sites for hydroxylation is 1. The number of nitrogens with one attached hydrogen (secondary N) is 1. The van der Waals surface area contributed by atoms with E-state index < -0.39 is 5.54 Å². The Kier molecular flexibility index (Phi) is 4.32. The molecule has 1 aromatic carbocycles. The molecule has 3 N–H and O–H groups in total. The number of benzene rings is 1. The van der Waals surface area contributed by atoms with E-state index in [0.717, 1.165) is 17.7 Å². The zero-order valence-corrected chi connectivity index (χ0v) is 10.5. The molecule has 0 aliphatic rings. The van der Waals surface area contributed by atoms with E-state index in [-0.39, 0.29) is 5.91 Å². The first-order chi connectivity index (χ1) is 7.98. The van der Waals surface area contributed by atoms with Gasteiger partial charge in [0.05, 0.1) is 0 Å². The quantitative estimate of drug-likeness (QED) is 0.741. The fourth-order valence-corrected chi connectivity index (χ4v) is 1.68. The lowest BCUT2D eigenvalue weighted by Gasteiger charge is -2.28. The molecule has 3 nitrogen and oxygen atoms in total. The highest BCUT2D eigenvalue weighted by molar-refractivity contribution is 5.87. The second kappa shape index (κ2) is 5.53. The molecule has 0 spiro atoms. The van der Waals surface area contributed by atoms with E-state index >= 15 is 0 Å². The highest BCUT2D eigenvalue weighted by atomic mass is 16.1. The van der Waals surface area contributed by atoms with Crippen LogP contribution in [0.4, 0.5) is 5.69 Å². The van der Waals surface area contributed by atoms with E-state index in [1.54, 1.807) is 6.08 Å². The summed E-state index contributed by atoms with van der Waals surface area (Å²) >= 11 is 0. The van der Waals surface area contributed by atoms with Gasteiger partial charge < -0.3 is 11.1 Å². The highest BCUT2D eigenvalue weighted by Gasteiger charge is 2.29. The smallest absolute Gasteiger partial charge is 0.242 e. The van der Waals surface area contributed by atoms with Crippen LogP contribution in [0.15, 0.2) is 36.9 Å². The van der Waals surface area contributed by atoms with Crippen LogP contribution in [-0.2, 0) is 4.79 Å². The van der Waals surface area contributed by atoms with Crippen molar-refractivity contribution in [1.82, 2.24) is 0 Å². The van der Waals surface area contributed by atoms with Crippen molar-refractivity contribution in [3.05, 3.63) is 42.5 Å². The van der Waals surface area contributed by atoms with Crippen LogP contribution in [0, 0.1) is 6.92 Å². The average molecular weight is 232 g/mol. The molecular weight excluding hydrogens is 212 g/mol. The van der Waals surface area contributed by atoms with Crippen LogP contribution in [0.25, 0.3) is 0 Å². The van der Waals surface area contributed by atoms with Crippen molar-refractivity contribution in [1.29, 1.82) is 0 Å². The molecule has 0 bridgehead atoms. The van der Waals surface area contributed by atoms with Gasteiger partial charge in [-0.25, -0.2) is 0 Å². The number of nitrogens with two attached hydrogens (primary N) is 1. The molecule has 1 atom stereocenters. The van der Waals surface area contributed by atoms with Gasteiger partial charge in [-0.2, -0.15) is 0 Å². The molecule has 1 rings (SSSR count). The van der Waals surface area contributed by atoms with Crippen molar-refractivity contribution in [2.24, 2.45) is 5.73 Å². The van der Waals surface area contributed by atoms with Crippen molar-refractivity contribution < 1.29 is 4.79 Å². The van der Waals surface area contributed by atoms with Crippen molar-refractivity contribution >= 4 is 11.6 Å². The second-order valence-corrected chi connectivity index (χ2v) is 4.52. The zero-order chi connectivity index (χ0) is 12.9. The third-order valence-electron chi connectivity index (χ3n) is 2.83. The van der Waals surface area contributed by atoms with E-state index in [4.69, 9.17) is 5.73 Å². The number of amides is 1. The number of anilines is 1. The summed E-state index contributed by atoms with van der Waals surface area (Å²) in [6.07, 6.45) is 3.18. The second-order valence-electron chi connectivity index (χ2n) is 4.52. The van der Waals surface area contributed by atoms with Crippen LogP contribution in [-0.4, -0.2) is 11.4 Å². The van der Waals surface area contributed by atoms with Gasteiger partial charge in [0.25, 0.3) is 0 Å². The molecule has 92 valence electrons. The maximum Gasteiger partial charge on any atom is 0.242 e. The minimum atomic E-state index is -0.734. The molecule has 0 aliphatic carbocycles. The van der Waals surface area contributed by atoms with E-state index in [0.29, 0.717) is 6.42 Å². The molecule has 0 fully saturated rings. The Balaban J connectivity index is 2.86. The van der Waals surface area contributed by atoms with Gasteiger partial charge in [-0.15, -0.1) is 6.58 Å². The lowest BCUT2D eigenvalue weighted by molar-refractivity contribution is -0.121. The average Bonchev–Trinajstić information content (AvgIpc) is 2.26. The van der Waals surface area contributed by atoms with Crippen molar-refractivity contribution in [2.75, 3.05) is 5.32 Å². The lowest BCUT2D eigenvalue weighted by Crippen LogP contribution is -2.47. The number of allylic oxidation sites excluding steroid dienone is 1. The third kappa shape index (κ3) is 3.63. The maximum atomic E-state index is 11.5. The lowest BCUT2D eigenvalue weighted by atomic mass is 9.94. The first-order valence-corrected chi connectivity index (χ1v) is 5.73. The largest absolute Gasteiger partial charge is 0.371 e. The Morgan fingerprint density at radius 1 is 1.59 bits per heavy atom. The fraction of sp³-hybridized carbons (Fsp3) is 0.357. The summed E-state index contributed by atoms with van der Waals surface area (Å²) in [7, 11) is 0. The number of rotatable bonds is 6. The summed E-state index contributed by atoms with van der Waals surface area (Å²) < 4.78 is 0. The van der Waals surface area contributed by atoms with E-state index in [9.17, 15) is 4.79 Å². The van der Waals surface area contributed by atoms with Crippen molar-refractivity contribution in [3.63, 3.8) is 0 Å². The summed E-state index contributed by atoms with van der Waals surface area (Å²) in [6, 6.07) is 7.89. The number of hydrogen-bond acceptors (Lipinski definition) is 2. The Morgan fingerprint density at radius 3 is 2.82 bits per heavy atom. The molecule has 17 heavy (non-hydrogen) atoms. The van der Waals surface area contributed by atoms with Gasteiger partial charge in [0.15, 0.2) is 0 Å². The molecule has 1 amide bonds. The summed E-state index contributed by atoms with van der Waals surface area (Å²) in [5, 5.41) is 3.21. The van der Waals surface area contributed by atoms with Crippen LogP contribution in [0.1, 0.15) is 25.3 Å². The highest BCUT2D eigenvalue weighted by Crippen LogP contribution is 2.20. The van der Waals surface area contributed by atoms with Crippen molar-refractivity contribution in [3.8, 4) is 0 Å². The van der Waals surface area contributed by atoms with Gasteiger partial charge in [-0.1, -0.05) is 18.2 Å². The maximum absolute atomic E-state index is 11.5. The molecule has 0 saturated carbocycles. The first kappa shape index (κ1) is 13.3. The first-order valence-electron chi connectivity index (χ1n) is 5.73. The Morgan fingerprint density at radius 2 is 2.29 bits per heavy atom. The van der Waals surface area contributed by atoms with Gasteiger partial charge in [0.1, 0.15) is 5.54 Å². The van der Waals surface area contributed by atoms with Crippen LogP contribution in [0.3, 0.4) is 0 Å². The SMILES string of the molecule is C=CCCC(C)(Nc1cccc(C)c1)C(N)=O. The molecular formula is C14H20N2O. The topological polar surface area (TPSA) is 55.1 Å². The van der Waals surface area contributed by atoms with E-state index in [1.165, 1.54) is 0 Å². The predicted molar refractivity (Wildman–Crippen MR) is 71.8 cm³/mol. The standard InChI is InChI=1S/C14H20N2O/c1-4-5-9-14(3,13(15)17)16-12-8-6-7-11(2)10-12/h4,6-8,10,16H,1,5,9H2,2-3H3,(H2,15,17). The number of primary amides is 1. The third-order valence-corrected chi connectivity index (χ3v) is 2.83. The van der Waals surface area contributed by atoms with Gasteiger partial charge in [-0.05, 0) is 44.4 Å². The molecule has 3 heteroatoms. The number of hydrogen-bond donors (Lipinski definition) is 2. The van der Waals surface area contributed by atoms with Gasteiger partial charge in [-0.3, -0.25) is 4.79 Å². The molecule has 0 saturated heterocycles. The molecule has 0 aromatic heterocycles. The molecule has 0 aliphatic heterocycles. The Bertz CT molecular complexity index is 414. The summed E-state index contributed by atoms with van der Waals surface area (Å²) in [6.45, 7) is 7.50. The van der Waals surface area contributed by atoms with Gasteiger partial charge in [0.2, 0.25) is 5.91 Å². The number of carbonyl (C=O) groups excluding carboxylic acids is 1. The van der Waals surface area contributed by atoms with E-state index in [2.05, 4.69) is 11.9 Å². The summed E-state index contributed by atoms with van der Waals surface area (Å²) in [5.41, 5.74) is 6.78. The molecule has 0 heterocycles. The zero-order valence-electron chi connectivity index (χ0n) is 10.5. The van der Waals surface area contributed by atoms with Crippen LogP contribution < -0.4 is 11.1 Å². The Hall–Kier alpha value is -1.77. The van der Waals surface area contributed by atoms with Crippen molar-refractivity contribution in [2.45, 2.75) is 32.2 Å². The van der Waals surface area contributed by atoms with Gasteiger partial charge >= 0.3 is 0 Å². The minimum absolute atomic E-state index is 0.346. The van der Waals surface area contributed by atoms with Crippen LogP contribution in [0.5, 0.6) is 0 Å². The summed E-state index contributed by atoms with van der Waals surface area (Å²) in [4.78, 5) is 11.5. The van der Waals surface area contributed by atoms with Gasteiger partial charge in [0, 0.05) is 5.69 Å². The normalized spacial score (nSPS) is 13.8. The van der Waals surface area contributed by atoms with Crippen LogP contribution in [0.2, 0.25) is 0 Å². The molecule has 1 aromatic rings. The molecule has 0 radical (unpaired) electrons. The fourth-order valence-electron chi connectivity index (χ4n) is 1.68. The van der Waals surface area contributed by atoms with Crippen LogP contribution >= 0.6 is 0 Å². The monoisotopic (exact) mass is 232 g/mol. The minimum Gasteiger partial charge on any atom is -0.371 e. The number of carbonyl (C=O) groups is 1. The predicted octanol–water partition coefficient (Wildman–Crippen LogP) is 2.62. The summed E-state index contributed by atoms with van der Waals surface area (Å²) in [5.74, 6) is -0.346. The molecule has 1 unspecified atom stereocenters. The van der Waals surface area contributed by atoms with E-state index in [1.807, 2.05) is 38.1 Å². The Labute approximate surface area is 103 Å².